The van der Waals surface area contributed by atoms with Gasteiger partial charge in [-0.3, -0.25) is 4.79 Å². The predicted octanol–water partition coefficient (Wildman–Crippen LogP) is -0.334. The quantitative estimate of drug-likeness (QED) is 0.768. The fourth-order valence-corrected chi connectivity index (χ4v) is 2.43. The Labute approximate surface area is 119 Å². The second-order valence-corrected chi connectivity index (χ2v) is 4.97. The van der Waals surface area contributed by atoms with Crippen molar-refractivity contribution in [2.45, 2.75) is 19.4 Å². The molecular weight excluding hydrogens is 262 g/mol. The van der Waals surface area contributed by atoms with Crippen LogP contribution in [0.2, 0.25) is 0 Å². The minimum Gasteiger partial charge on any atom is -0.450 e. The zero-order chi connectivity index (χ0) is 14.4. The summed E-state index contributed by atoms with van der Waals surface area (Å²) in [7, 11) is 0. The van der Waals surface area contributed by atoms with E-state index in [2.05, 4.69) is 5.32 Å². The highest BCUT2D eigenvalue weighted by molar-refractivity contribution is 5.77. The topological polar surface area (TPSA) is 71.1 Å². The third-order valence-corrected chi connectivity index (χ3v) is 3.57. The van der Waals surface area contributed by atoms with E-state index in [1.165, 1.54) is 0 Å². The molecule has 0 aromatic carbocycles. The van der Waals surface area contributed by atoms with Crippen LogP contribution in [0.3, 0.4) is 0 Å². The molecule has 2 saturated heterocycles. The summed E-state index contributed by atoms with van der Waals surface area (Å²) < 4.78 is 10.5. The average Bonchev–Trinajstić information content (AvgIpc) is 2.48. The number of rotatable bonds is 3. The van der Waals surface area contributed by atoms with Gasteiger partial charge in [-0.2, -0.15) is 0 Å². The molecule has 2 rings (SSSR count). The predicted molar refractivity (Wildman–Crippen MR) is 72.4 cm³/mol. The Morgan fingerprint density at radius 3 is 2.55 bits per heavy atom. The van der Waals surface area contributed by atoms with Gasteiger partial charge in [0.05, 0.1) is 25.7 Å². The van der Waals surface area contributed by atoms with Crippen molar-refractivity contribution in [2.75, 3.05) is 52.5 Å². The van der Waals surface area contributed by atoms with Crippen molar-refractivity contribution in [3.05, 3.63) is 0 Å². The highest BCUT2D eigenvalue weighted by Crippen LogP contribution is 2.09. The molecule has 1 N–H and O–H groups in total. The highest BCUT2D eigenvalue weighted by atomic mass is 16.6. The zero-order valence-corrected chi connectivity index (χ0v) is 12.0. The Kier molecular flexibility index (Phi) is 5.60. The van der Waals surface area contributed by atoms with Gasteiger partial charge in [-0.15, -0.1) is 0 Å². The van der Waals surface area contributed by atoms with Crippen LogP contribution in [-0.2, 0) is 14.3 Å². The summed E-state index contributed by atoms with van der Waals surface area (Å²) in [4.78, 5) is 27.2. The maximum absolute atomic E-state index is 12.2. The summed E-state index contributed by atoms with van der Waals surface area (Å²) in [5.74, 6) is 0.0993. The van der Waals surface area contributed by atoms with Crippen LogP contribution in [0, 0.1) is 0 Å². The van der Waals surface area contributed by atoms with Crippen LogP contribution in [-0.4, -0.2) is 80.4 Å². The third-order valence-electron chi connectivity index (χ3n) is 3.57. The molecule has 0 saturated carbocycles. The molecule has 2 aliphatic rings. The second kappa shape index (κ2) is 7.44. The van der Waals surface area contributed by atoms with Gasteiger partial charge < -0.3 is 24.6 Å². The molecule has 2 amide bonds. The van der Waals surface area contributed by atoms with E-state index < -0.39 is 0 Å². The van der Waals surface area contributed by atoms with E-state index in [0.29, 0.717) is 45.8 Å². The van der Waals surface area contributed by atoms with Crippen LogP contribution in [0.5, 0.6) is 0 Å². The van der Waals surface area contributed by atoms with Crippen LogP contribution in [0.25, 0.3) is 0 Å². The van der Waals surface area contributed by atoms with E-state index in [1.807, 2.05) is 0 Å². The van der Waals surface area contributed by atoms with Crippen molar-refractivity contribution >= 4 is 12.0 Å². The zero-order valence-electron chi connectivity index (χ0n) is 12.0. The molecule has 0 aromatic heterocycles. The molecule has 0 unspecified atom stereocenters. The molecule has 2 fully saturated rings. The number of nitrogens with one attached hydrogen (secondary N) is 1. The molecule has 114 valence electrons. The molecular formula is C13H23N3O4. The molecule has 0 bridgehead atoms. The van der Waals surface area contributed by atoms with Crippen molar-refractivity contribution in [3.63, 3.8) is 0 Å². The molecule has 20 heavy (non-hydrogen) atoms. The molecule has 0 radical (unpaired) electrons. The van der Waals surface area contributed by atoms with Crippen LogP contribution in [0.1, 0.15) is 13.3 Å². The largest absolute Gasteiger partial charge is 0.450 e. The number of hydrogen-bond acceptors (Lipinski definition) is 5. The first-order valence-corrected chi connectivity index (χ1v) is 7.22. The van der Waals surface area contributed by atoms with E-state index in [1.54, 1.807) is 16.7 Å². The first kappa shape index (κ1) is 15.1. The Hall–Kier alpha value is -1.34. The summed E-state index contributed by atoms with van der Waals surface area (Å²) in [5, 5.41) is 3.21. The lowest BCUT2D eigenvalue weighted by Gasteiger charge is -2.35. The number of morpholine rings is 1. The molecule has 2 heterocycles. The van der Waals surface area contributed by atoms with Crippen molar-refractivity contribution in [1.82, 2.24) is 15.1 Å². The van der Waals surface area contributed by atoms with Gasteiger partial charge in [-0.05, 0) is 6.92 Å². The Bertz CT molecular complexity index is 337. The Balaban J connectivity index is 1.72. The van der Waals surface area contributed by atoms with E-state index in [-0.39, 0.29) is 18.1 Å². The maximum Gasteiger partial charge on any atom is 0.409 e. The van der Waals surface area contributed by atoms with E-state index in [9.17, 15) is 9.59 Å². The Morgan fingerprint density at radius 1 is 1.25 bits per heavy atom. The third kappa shape index (κ3) is 4.08. The summed E-state index contributed by atoms with van der Waals surface area (Å²) in [6.45, 7) is 6.62. The molecule has 0 aliphatic carbocycles. The van der Waals surface area contributed by atoms with Crippen molar-refractivity contribution in [2.24, 2.45) is 0 Å². The van der Waals surface area contributed by atoms with Gasteiger partial charge in [-0.1, -0.05) is 0 Å². The number of ether oxygens (including phenoxy) is 2. The molecule has 0 aromatic rings. The van der Waals surface area contributed by atoms with E-state index >= 15 is 0 Å². The normalized spacial score (nSPS) is 23.6. The monoisotopic (exact) mass is 285 g/mol. The van der Waals surface area contributed by atoms with Gasteiger partial charge in [0.2, 0.25) is 5.91 Å². The van der Waals surface area contributed by atoms with Gasteiger partial charge in [0.1, 0.15) is 0 Å². The van der Waals surface area contributed by atoms with Crippen LogP contribution in [0.15, 0.2) is 0 Å². The van der Waals surface area contributed by atoms with Crippen molar-refractivity contribution in [3.8, 4) is 0 Å². The Morgan fingerprint density at radius 2 is 1.95 bits per heavy atom. The number of hydrogen-bond donors (Lipinski definition) is 1. The first-order valence-electron chi connectivity index (χ1n) is 7.22. The SMILES string of the molecule is CCOC(=O)N1CCN(C(=O)C[C@H]2CNCCO2)CC1. The minimum atomic E-state index is -0.292. The maximum atomic E-state index is 12.2. The van der Waals surface area contributed by atoms with Gasteiger partial charge >= 0.3 is 6.09 Å². The van der Waals surface area contributed by atoms with Crippen molar-refractivity contribution < 1.29 is 19.1 Å². The molecule has 0 spiro atoms. The highest BCUT2D eigenvalue weighted by Gasteiger charge is 2.27. The summed E-state index contributed by atoms with van der Waals surface area (Å²) in [6.07, 6.45) is 0.0885. The van der Waals surface area contributed by atoms with Crippen LogP contribution in [0.4, 0.5) is 4.79 Å². The summed E-state index contributed by atoms with van der Waals surface area (Å²) >= 11 is 0. The molecule has 1 atom stereocenters. The fraction of sp³-hybridized carbons (Fsp3) is 0.846. The molecule has 7 nitrogen and oxygen atoms in total. The first-order chi connectivity index (χ1) is 9.70. The fourth-order valence-electron chi connectivity index (χ4n) is 2.43. The second-order valence-electron chi connectivity index (χ2n) is 4.97. The lowest BCUT2D eigenvalue weighted by molar-refractivity contribution is -0.136. The van der Waals surface area contributed by atoms with Gasteiger partial charge in [0.15, 0.2) is 0 Å². The number of piperazine rings is 1. The number of carbonyl (C=O) groups excluding carboxylic acids is 2. The summed E-state index contributed by atoms with van der Waals surface area (Å²) in [5.41, 5.74) is 0. The van der Waals surface area contributed by atoms with Crippen LogP contribution >= 0.6 is 0 Å². The van der Waals surface area contributed by atoms with E-state index in [0.717, 1.165) is 13.1 Å². The minimum absolute atomic E-state index is 0.0284. The van der Waals surface area contributed by atoms with Gasteiger partial charge in [0.25, 0.3) is 0 Å². The molecule has 2 aliphatic heterocycles. The summed E-state index contributed by atoms with van der Waals surface area (Å²) in [6, 6.07) is 0. The lowest BCUT2D eigenvalue weighted by atomic mass is 10.2. The smallest absolute Gasteiger partial charge is 0.409 e. The lowest BCUT2D eigenvalue weighted by Crippen LogP contribution is -2.52. The average molecular weight is 285 g/mol. The van der Waals surface area contributed by atoms with Gasteiger partial charge in [-0.25, -0.2) is 4.79 Å². The number of nitrogens with zero attached hydrogens (tertiary/aromatic N) is 2. The molecule has 7 heteroatoms. The number of amides is 2. The van der Waals surface area contributed by atoms with Crippen molar-refractivity contribution in [1.29, 1.82) is 0 Å². The number of carbonyl (C=O) groups is 2. The van der Waals surface area contributed by atoms with Gasteiger partial charge in [0, 0.05) is 39.3 Å². The van der Waals surface area contributed by atoms with E-state index in [4.69, 9.17) is 9.47 Å². The van der Waals surface area contributed by atoms with Crippen LogP contribution < -0.4 is 5.32 Å². The standard InChI is InChI=1S/C13H23N3O4/c1-2-19-13(18)16-6-4-15(5-7-16)12(17)9-11-10-14-3-8-20-11/h11,14H,2-10H2,1H3/t11-/m0/s1.